The molecule has 0 atom stereocenters. The van der Waals surface area contributed by atoms with Crippen molar-refractivity contribution >= 4 is 49.1 Å². The molecular formula is C33H20N2O. The first-order valence-corrected chi connectivity index (χ1v) is 12.1. The summed E-state index contributed by atoms with van der Waals surface area (Å²) in [6.07, 6.45) is 4.15. The molecule has 36 heavy (non-hydrogen) atoms. The van der Waals surface area contributed by atoms with Crippen LogP contribution in [0.4, 0.5) is 0 Å². The number of pyridine rings is 1. The molecule has 0 unspecified atom stereocenters. The molecule has 3 heterocycles. The first-order chi connectivity index (χ1) is 17.8. The fraction of sp³-hybridized carbons (Fsp3) is 0. The van der Waals surface area contributed by atoms with Crippen LogP contribution in [0.15, 0.2) is 126 Å². The Hall–Kier alpha value is -4.89. The van der Waals surface area contributed by atoms with E-state index in [0.717, 1.165) is 44.2 Å². The van der Waals surface area contributed by atoms with Crippen molar-refractivity contribution in [2.45, 2.75) is 0 Å². The van der Waals surface area contributed by atoms with E-state index in [-0.39, 0.29) is 0 Å². The molecule has 0 amide bonds. The maximum atomic E-state index is 6.34. The topological polar surface area (TPSA) is 30.4 Å². The largest absolute Gasteiger partial charge is 0.455 e. The minimum Gasteiger partial charge on any atom is -0.455 e. The molecule has 0 aliphatic carbocycles. The third-order valence-corrected chi connectivity index (χ3v) is 7.24. The van der Waals surface area contributed by atoms with E-state index in [1.54, 1.807) is 0 Å². The summed E-state index contributed by atoms with van der Waals surface area (Å²) in [5.41, 5.74) is 7.35. The van der Waals surface area contributed by atoms with Crippen LogP contribution in [-0.4, -0.2) is 9.38 Å². The molecule has 0 saturated heterocycles. The highest BCUT2D eigenvalue weighted by Crippen LogP contribution is 2.42. The van der Waals surface area contributed by atoms with Gasteiger partial charge in [-0.2, -0.15) is 0 Å². The molecule has 0 radical (unpaired) electrons. The smallest absolute Gasteiger partial charge is 0.143 e. The Bertz CT molecular complexity index is 2080. The molecule has 3 aromatic heterocycles. The number of hydrogen-bond acceptors (Lipinski definition) is 2. The van der Waals surface area contributed by atoms with Gasteiger partial charge in [-0.3, -0.25) is 0 Å². The number of imidazole rings is 1. The van der Waals surface area contributed by atoms with Gasteiger partial charge in [0.25, 0.3) is 0 Å². The average Bonchev–Trinajstić information content (AvgIpc) is 3.54. The van der Waals surface area contributed by atoms with E-state index in [1.807, 2.05) is 36.5 Å². The van der Waals surface area contributed by atoms with E-state index >= 15 is 0 Å². The van der Waals surface area contributed by atoms with Crippen molar-refractivity contribution in [3.63, 3.8) is 0 Å². The molecule has 5 aromatic carbocycles. The van der Waals surface area contributed by atoms with Gasteiger partial charge in [0.15, 0.2) is 0 Å². The minimum absolute atomic E-state index is 0.918. The van der Waals surface area contributed by atoms with Gasteiger partial charge < -0.3 is 8.82 Å². The zero-order valence-electron chi connectivity index (χ0n) is 19.3. The molecule has 8 aromatic rings. The normalized spacial score (nSPS) is 11.9. The lowest BCUT2D eigenvalue weighted by Gasteiger charge is -2.13. The third-order valence-electron chi connectivity index (χ3n) is 7.24. The van der Waals surface area contributed by atoms with E-state index in [0.29, 0.717) is 0 Å². The zero-order chi connectivity index (χ0) is 23.6. The van der Waals surface area contributed by atoms with Crippen molar-refractivity contribution in [1.82, 2.24) is 9.38 Å². The Balaban J connectivity index is 1.45. The van der Waals surface area contributed by atoms with Crippen LogP contribution in [0.1, 0.15) is 0 Å². The molecule has 0 spiro atoms. The summed E-state index contributed by atoms with van der Waals surface area (Å²) in [6, 6.07) is 38.3. The number of benzene rings is 5. The number of nitrogens with zero attached hydrogens (tertiary/aromatic N) is 2. The molecule has 0 bridgehead atoms. The molecule has 3 heteroatoms. The maximum absolute atomic E-state index is 6.34. The second-order valence-electron chi connectivity index (χ2n) is 9.24. The number of furan rings is 1. The summed E-state index contributed by atoms with van der Waals surface area (Å²) in [7, 11) is 0. The van der Waals surface area contributed by atoms with Crippen LogP contribution >= 0.6 is 0 Å². The first kappa shape index (κ1) is 19.4. The van der Waals surface area contributed by atoms with E-state index in [2.05, 4.69) is 89.5 Å². The molecule has 168 valence electrons. The van der Waals surface area contributed by atoms with Crippen molar-refractivity contribution < 1.29 is 4.42 Å². The summed E-state index contributed by atoms with van der Waals surface area (Å²) in [5.74, 6) is 0. The van der Waals surface area contributed by atoms with Crippen molar-refractivity contribution in [1.29, 1.82) is 0 Å². The summed E-state index contributed by atoms with van der Waals surface area (Å²) in [5, 5.41) is 7.02. The van der Waals surface area contributed by atoms with Crippen LogP contribution in [0.25, 0.3) is 71.5 Å². The van der Waals surface area contributed by atoms with Crippen LogP contribution in [0.3, 0.4) is 0 Å². The molecule has 0 fully saturated rings. The lowest BCUT2D eigenvalue weighted by Crippen LogP contribution is -1.88. The van der Waals surface area contributed by atoms with Gasteiger partial charge in [-0.15, -0.1) is 0 Å². The van der Waals surface area contributed by atoms with Gasteiger partial charge in [0.1, 0.15) is 16.8 Å². The van der Waals surface area contributed by atoms with Crippen LogP contribution < -0.4 is 0 Å². The second-order valence-corrected chi connectivity index (χ2v) is 9.24. The monoisotopic (exact) mass is 460 g/mol. The van der Waals surface area contributed by atoms with Crippen molar-refractivity contribution in [2.75, 3.05) is 0 Å². The highest BCUT2D eigenvalue weighted by Gasteiger charge is 2.17. The molecule has 8 rings (SSSR count). The summed E-state index contributed by atoms with van der Waals surface area (Å²) < 4.78 is 8.41. The molecule has 0 aliphatic heterocycles. The Morgan fingerprint density at radius 2 is 1.17 bits per heavy atom. The quantitative estimate of drug-likeness (QED) is 0.258. The maximum Gasteiger partial charge on any atom is 0.143 e. The summed E-state index contributed by atoms with van der Waals surface area (Å²) in [4.78, 5) is 4.90. The zero-order valence-corrected chi connectivity index (χ0v) is 19.3. The second kappa shape index (κ2) is 7.30. The van der Waals surface area contributed by atoms with Gasteiger partial charge in [-0.1, -0.05) is 84.9 Å². The number of para-hydroxylation sites is 1. The molecule has 0 saturated carbocycles. The van der Waals surface area contributed by atoms with Gasteiger partial charge in [0, 0.05) is 34.1 Å². The highest BCUT2D eigenvalue weighted by molar-refractivity contribution is 6.21. The Kier molecular flexibility index (Phi) is 3.94. The minimum atomic E-state index is 0.918. The van der Waals surface area contributed by atoms with Crippen LogP contribution in [0.2, 0.25) is 0 Å². The lowest BCUT2D eigenvalue weighted by molar-refractivity contribution is 0.672. The molecule has 0 N–H and O–H groups in total. The molecule has 3 nitrogen and oxygen atoms in total. The van der Waals surface area contributed by atoms with Gasteiger partial charge in [0.05, 0.1) is 5.69 Å². The predicted molar refractivity (Wildman–Crippen MR) is 148 cm³/mol. The van der Waals surface area contributed by atoms with Gasteiger partial charge >= 0.3 is 0 Å². The SMILES string of the molecule is c1ccc2c(c1)oc1c3ccccc3c(-c3ccc(-c4cn5ccccc5n4)c4ccccc34)cc21. The van der Waals surface area contributed by atoms with Crippen LogP contribution in [0, 0.1) is 0 Å². The average molecular weight is 461 g/mol. The van der Waals surface area contributed by atoms with Gasteiger partial charge in [-0.05, 0) is 51.6 Å². The summed E-state index contributed by atoms with van der Waals surface area (Å²) in [6.45, 7) is 0. The van der Waals surface area contributed by atoms with E-state index in [4.69, 9.17) is 9.40 Å². The molecule has 0 aliphatic rings. The van der Waals surface area contributed by atoms with Gasteiger partial charge in [0.2, 0.25) is 0 Å². The number of fused-ring (bicyclic) bond motifs is 7. The van der Waals surface area contributed by atoms with Crippen molar-refractivity contribution in [2.24, 2.45) is 0 Å². The van der Waals surface area contributed by atoms with Crippen LogP contribution in [-0.2, 0) is 0 Å². The third kappa shape index (κ3) is 2.71. The Labute approximate surface area is 206 Å². The fourth-order valence-electron chi connectivity index (χ4n) is 5.59. The Morgan fingerprint density at radius 3 is 1.97 bits per heavy atom. The first-order valence-electron chi connectivity index (χ1n) is 12.1. The van der Waals surface area contributed by atoms with Crippen LogP contribution in [0.5, 0.6) is 0 Å². The van der Waals surface area contributed by atoms with Gasteiger partial charge in [-0.25, -0.2) is 4.98 Å². The van der Waals surface area contributed by atoms with Crippen molar-refractivity contribution in [3.05, 3.63) is 122 Å². The number of hydrogen-bond donors (Lipinski definition) is 0. The van der Waals surface area contributed by atoms with E-state index < -0.39 is 0 Å². The summed E-state index contributed by atoms with van der Waals surface area (Å²) >= 11 is 0. The lowest BCUT2D eigenvalue weighted by atomic mass is 9.90. The predicted octanol–water partition coefficient (Wildman–Crippen LogP) is 8.87. The van der Waals surface area contributed by atoms with E-state index in [9.17, 15) is 0 Å². The van der Waals surface area contributed by atoms with E-state index in [1.165, 1.54) is 27.3 Å². The van der Waals surface area contributed by atoms with Crippen molar-refractivity contribution in [3.8, 4) is 22.4 Å². The highest BCUT2D eigenvalue weighted by atomic mass is 16.3. The number of rotatable bonds is 2. The molecular weight excluding hydrogens is 440 g/mol. The number of aromatic nitrogens is 2. The Morgan fingerprint density at radius 1 is 0.528 bits per heavy atom. The standard InChI is InChI=1S/C33H20N2O/c1-2-10-22-21(9-1)24(16-17-25(22)30-20-35-18-8-7-15-32(35)34-30)28-19-29-26-12-5-6-14-31(26)36-33(29)27-13-4-3-11-23(27)28/h1-20H. The fourth-order valence-corrected chi connectivity index (χ4v) is 5.59.